The Morgan fingerprint density at radius 2 is 1.73 bits per heavy atom. The van der Waals surface area contributed by atoms with Gasteiger partial charge in [-0.3, -0.25) is 4.79 Å². The molecule has 0 spiro atoms. The fourth-order valence-corrected chi connectivity index (χ4v) is 6.68. The number of rotatable bonds is 7. The number of carbonyl (C=O) groups excluding carboxylic acids is 1. The molecule has 1 aromatic heterocycles. The highest BCUT2D eigenvalue weighted by atomic mass is 16.7. The van der Waals surface area contributed by atoms with Crippen LogP contribution >= 0.6 is 0 Å². The largest absolute Gasteiger partial charge is 0.461 e. The van der Waals surface area contributed by atoms with Gasteiger partial charge in [0, 0.05) is 36.9 Å². The van der Waals surface area contributed by atoms with Crippen molar-refractivity contribution in [3.63, 3.8) is 0 Å². The molecule has 1 saturated carbocycles. The molecule has 0 radical (unpaired) electrons. The van der Waals surface area contributed by atoms with E-state index in [1.807, 2.05) is 48.5 Å². The standard InChI is InChI=1S/C34H33NO5/c36-32(24-13-4-5-14-24)35-19-9-8-18-34-21-25-17-16-22-10-6-7-15-26(22)29(25)31(40-34)30-28(39-34)20-27(38-33(30)37)23-11-2-1-3-12-23/h1-3,6-7,10-12,15-17,20,24,31H,4-5,8-9,13-14,18-19,21H2,(H,35,36)/t31-,34+/m0/s1. The van der Waals surface area contributed by atoms with Gasteiger partial charge < -0.3 is 19.2 Å². The summed E-state index contributed by atoms with van der Waals surface area (Å²) in [5.74, 6) is 0.473. The second kappa shape index (κ2) is 10.3. The van der Waals surface area contributed by atoms with Gasteiger partial charge in [-0.15, -0.1) is 0 Å². The van der Waals surface area contributed by atoms with Gasteiger partial charge in [0.15, 0.2) is 0 Å². The van der Waals surface area contributed by atoms with Crippen molar-refractivity contribution in [1.29, 1.82) is 0 Å². The van der Waals surface area contributed by atoms with Gasteiger partial charge in [0.1, 0.15) is 23.2 Å². The fraction of sp³-hybridized carbons (Fsp3) is 0.353. The summed E-state index contributed by atoms with van der Waals surface area (Å²) in [7, 11) is 0. The highest BCUT2D eigenvalue weighted by molar-refractivity contribution is 5.88. The van der Waals surface area contributed by atoms with Crippen molar-refractivity contribution >= 4 is 16.7 Å². The monoisotopic (exact) mass is 535 g/mol. The lowest BCUT2D eigenvalue weighted by atomic mass is 9.83. The van der Waals surface area contributed by atoms with Crippen LogP contribution in [0.15, 0.2) is 82.0 Å². The number of unbranched alkanes of at least 4 members (excludes halogenated alkanes) is 1. The molecule has 7 rings (SSSR count). The van der Waals surface area contributed by atoms with Gasteiger partial charge in [-0.25, -0.2) is 4.79 Å². The Morgan fingerprint density at radius 1 is 0.925 bits per heavy atom. The van der Waals surface area contributed by atoms with Crippen LogP contribution in [0.25, 0.3) is 22.1 Å². The van der Waals surface area contributed by atoms with Crippen molar-refractivity contribution in [3.05, 3.63) is 99.9 Å². The van der Waals surface area contributed by atoms with Gasteiger partial charge in [-0.1, -0.05) is 79.6 Å². The van der Waals surface area contributed by atoms with Gasteiger partial charge in [-0.2, -0.15) is 0 Å². The predicted molar refractivity (Wildman–Crippen MR) is 153 cm³/mol. The minimum atomic E-state index is -0.898. The Balaban J connectivity index is 1.21. The van der Waals surface area contributed by atoms with E-state index in [1.54, 1.807) is 0 Å². The van der Waals surface area contributed by atoms with Crippen molar-refractivity contribution in [2.45, 2.75) is 63.3 Å². The van der Waals surface area contributed by atoms with E-state index in [9.17, 15) is 9.59 Å². The number of benzene rings is 3. The van der Waals surface area contributed by atoms with E-state index in [0.717, 1.165) is 66.0 Å². The second-order valence-electron chi connectivity index (χ2n) is 11.3. The van der Waals surface area contributed by atoms with E-state index in [0.29, 0.717) is 36.5 Å². The van der Waals surface area contributed by atoms with E-state index in [1.165, 1.54) is 0 Å². The van der Waals surface area contributed by atoms with E-state index in [4.69, 9.17) is 13.9 Å². The number of carbonyl (C=O) groups is 1. The molecule has 1 N–H and O–H groups in total. The van der Waals surface area contributed by atoms with Crippen LogP contribution in [0.4, 0.5) is 0 Å². The molecule has 3 heterocycles. The van der Waals surface area contributed by atoms with Crippen LogP contribution in [0, 0.1) is 5.92 Å². The first-order valence-corrected chi connectivity index (χ1v) is 14.5. The molecule has 204 valence electrons. The minimum Gasteiger partial charge on any atom is -0.461 e. The third-order valence-electron chi connectivity index (χ3n) is 8.69. The summed E-state index contributed by atoms with van der Waals surface area (Å²) >= 11 is 0. The molecule has 2 aliphatic heterocycles. The van der Waals surface area contributed by atoms with Gasteiger partial charge in [-0.05, 0) is 47.6 Å². The molecule has 6 nitrogen and oxygen atoms in total. The first kappa shape index (κ1) is 25.1. The Bertz CT molecular complexity index is 1620. The van der Waals surface area contributed by atoms with Gasteiger partial charge in [0.05, 0.1) is 0 Å². The summed E-state index contributed by atoms with van der Waals surface area (Å²) in [5.41, 5.74) is 2.94. The zero-order chi connectivity index (χ0) is 27.1. The molecule has 6 heteroatoms. The lowest BCUT2D eigenvalue weighted by Crippen LogP contribution is -2.50. The quantitative estimate of drug-likeness (QED) is 0.267. The van der Waals surface area contributed by atoms with Crippen molar-refractivity contribution < 1.29 is 18.7 Å². The first-order valence-electron chi connectivity index (χ1n) is 14.5. The normalized spacial score (nSPS) is 21.4. The van der Waals surface area contributed by atoms with E-state index in [-0.39, 0.29) is 11.8 Å². The van der Waals surface area contributed by atoms with Gasteiger partial charge >= 0.3 is 5.63 Å². The summed E-state index contributed by atoms with van der Waals surface area (Å²) in [6.07, 6.45) is 6.62. The molecule has 4 aromatic rings. The number of nitrogens with one attached hydrogen (secondary N) is 1. The number of fused-ring (bicyclic) bond motifs is 8. The molecule has 0 saturated heterocycles. The first-order chi connectivity index (χ1) is 19.6. The lowest BCUT2D eigenvalue weighted by molar-refractivity contribution is -0.232. The van der Waals surface area contributed by atoms with Gasteiger partial charge in [0.2, 0.25) is 11.7 Å². The van der Waals surface area contributed by atoms with Crippen LogP contribution < -0.4 is 15.7 Å². The molecule has 2 atom stereocenters. The number of hydrogen-bond donors (Lipinski definition) is 1. The summed E-state index contributed by atoms with van der Waals surface area (Å²) in [6, 6.07) is 23.9. The number of amides is 1. The maximum absolute atomic E-state index is 13.5. The third kappa shape index (κ3) is 4.50. The average Bonchev–Trinajstić information content (AvgIpc) is 3.52. The van der Waals surface area contributed by atoms with E-state index < -0.39 is 17.5 Å². The van der Waals surface area contributed by atoms with Crippen molar-refractivity contribution in [3.8, 4) is 17.1 Å². The van der Waals surface area contributed by atoms with Crippen LogP contribution in [0.5, 0.6) is 5.75 Å². The second-order valence-corrected chi connectivity index (χ2v) is 11.3. The Labute approximate surface area is 233 Å². The van der Waals surface area contributed by atoms with E-state index >= 15 is 0 Å². The summed E-state index contributed by atoms with van der Waals surface area (Å²) in [5, 5.41) is 5.31. The Morgan fingerprint density at radius 3 is 2.58 bits per heavy atom. The van der Waals surface area contributed by atoms with Gasteiger partial charge in [0.25, 0.3) is 0 Å². The lowest BCUT2D eigenvalue weighted by Gasteiger charge is -2.46. The molecular formula is C34H33NO5. The van der Waals surface area contributed by atoms with Crippen LogP contribution in [0.3, 0.4) is 0 Å². The highest BCUT2D eigenvalue weighted by Gasteiger charge is 2.49. The average molecular weight is 536 g/mol. The summed E-state index contributed by atoms with van der Waals surface area (Å²) in [4.78, 5) is 26.0. The zero-order valence-corrected chi connectivity index (χ0v) is 22.5. The Hall–Kier alpha value is -3.90. The molecule has 0 unspecified atom stereocenters. The van der Waals surface area contributed by atoms with Crippen LogP contribution in [-0.2, 0) is 16.0 Å². The third-order valence-corrected chi connectivity index (χ3v) is 8.69. The topological polar surface area (TPSA) is 77.8 Å². The fourth-order valence-electron chi connectivity index (χ4n) is 6.68. The summed E-state index contributed by atoms with van der Waals surface area (Å²) in [6.45, 7) is 0.647. The van der Waals surface area contributed by atoms with Crippen LogP contribution in [-0.4, -0.2) is 18.2 Å². The Kier molecular flexibility index (Phi) is 6.43. The molecule has 1 fully saturated rings. The molecular weight excluding hydrogens is 502 g/mol. The minimum absolute atomic E-state index is 0.177. The SMILES string of the molecule is O=C(NCCCC[C@]12Cc3ccc4ccccc4c3[C@H](O1)c1c(cc(-c3ccccc3)oc1=O)O2)C1CCCC1. The molecule has 1 aliphatic carbocycles. The van der Waals surface area contributed by atoms with Crippen molar-refractivity contribution in [1.82, 2.24) is 5.32 Å². The molecule has 2 bridgehead atoms. The van der Waals surface area contributed by atoms with Crippen molar-refractivity contribution in [2.24, 2.45) is 5.92 Å². The molecule has 3 aromatic carbocycles. The maximum atomic E-state index is 13.5. The molecule has 40 heavy (non-hydrogen) atoms. The highest BCUT2D eigenvalue weighted by Crippen LogP contribution is 2.51. The molecule has 1 amide bonds. The smallest absolute Gasteiger partial charge is 0.346 e. The van der Waals surface area contributed by atoms with Crippen LogP contribution in [0.2, 0.25) is 0 Å². The number of hydrogen-bond acceptors (Lipinski definition) is 5. The number of ether oxygens (including phenoxy) is 2. The van der Waals surface area contributed by atoms with E-state index in [2.05, 4.69) is 29.6 Å². The van der Waals surface area contributed by atoms with Crippen molar-refractivity contribution in [2.75, 3.05) is 6.54 Å². The maximum Gasteiger partial charge on any atom is 0.346 e. The predicted octanol–water partition coefficient (Wildman–Crippen LogP) is 6.69. The zero-order valence-electron chi connectivity index (χ0n) is 22.5. The van der Waals surface area contributed by atoms with Crippen LogP contribution in [0.1, 0.15) is 67.7 Å². The molecule has 3 aliphatic rings. The summed E-state index contributed by atoms with van der Waals surface area (Å²) < 4.78 is 19.2.